The van der Waals surface area contributed by atoms with Crippen LogP contribution in [-0.2, 0) is 22.5 Å². The first-order valence-corrected chi connectivity index (χ1v) is 14.6. The number of nitrogens with zero attached hydrogens (tertiary/aromatic N) is 3. The molecule has 2 fully saturated rings. The molecule has 10 heteroatoms. The van der Waals surface area contributed by atoms with E-state index in [1.54, 1.807) is 17.0 Å². The number of piperidine rings is 1. The number of ether oxygens (including phenoxy) is 2. The number of rotatable bonds is 10. The molecule has 0 bridgehead atoms. The van der Waals surface area contributed by atoms with Crippen LogP contribution >= 0.6 is 0 Å². The molecule has 220 valence electrons. The van der Waals surface area contributed by atoms with E-state index >= 15 is 0 Å². The summed E-state index contributed by atoms with van der Waals surface area (Å²) in [7, 11) is 0. The van der Waals surface area contributed by atoms with Crippen molar-refractivity contribution in [3.05, 3.63) is 65.6 Å². The molecule has 5 rings (SSSR count). The van der Waals surface area contributed by atoms with Crippen LogP contribution in [0.1, 0.15) is 30.9 Å². The summed E-state index contributed by atoms with van der Waals surface area (Å²) >= 11 is 0. The minimum atomic E-state index is -0.924. The van der Waals surface area contributed by atoms with Crippen LogP contribution in [0.4, 0.5) is 9.18 Å². The molecule has 2 aromatic carbocycles. The van der Waals surface area contributed by atoms with Gasteiger partial charge in [-0.25, -0.2) is 9.18 Å². The van der Waals surface area contributed by atoms with Crippen LogP contribution in [0.5, 0.6) is 5.75 Å². The summed E-state index contributed by atoms with van der Waals surface area (Å²) in [5.41, 5.74) is 8.38. The van der Waals surface area contributed by atoms with Crippen LogP contribution in [0, 0.1) is 11.7 Å². The van der Waals surface area contributed by atoms with E-state index in [2.05, 4.69) is 39.2 Å². The Labute approximate surface area is 240 Å². The number of aromatic nitrogens is 1. The normalized spacial score (nSPS) is 18.0. The highest BCUT2D eigenvalue weighted by molar-refractivity contribution is 5.84. The fraction of sp³-hybridized carbons (Fsp3) is 0.484. The van der Waals surface area contributed by atoms with Crippen molar-refractivity contribution in [2.24, 2.45) is 11.7 Å². The number of H-pyrrole nitrogens is 1. The number of nitrogens with two attached hydrogens (primary N) is 1. The number of benzene rings is 2. The molecule has 2 amide bonds. The van der Waals surface area contributed by atoms with Crippen molar-refractivity contribution in [3.8, 4) is 5.75 Å². The molecule has 0 aliphatic carbocycles. The molecule has 3 heterocycles. The zero-order valence-corrected chi connectivity index (χ0v) is 23.7. The van der Waals surface area contributed by atoms with Gasteiger partial charge < -0.3 is 30.0 Å². The SMILES string of the molecule is CCOc1cccc(F)c1CN1CCN(C(=O)C(OC(N)=O)C2CCN(CCc3c[nH]c4ccccc34)CC2)CC1. The number of para-hydroxylation sites is 1. The van der Waals surface area contributed by atoms with E-state index in [9.17, 15) is 14.0 Å². The van der Waals surface area contributed by atoms with Gasteiger partial charge in [-0.1, -0.05) is 24.3 Å². The lowest BCUT2D eigenvalue weighted by Crippen LogP contribution is -2.54. The van der Waals surface area contributed by atoms with Gasteiger partial charge >= 0.3 is 6.09 Å². The van der Waals surface area contributed by atoms with E-state index in [-0.39, 0.29) is 17.6 Å². The van der Waals surface area contributed by atoms with Gasteiger partial charge in [0.1, 0.15) is 11.6 Å². The van der Waals surface area contributed by atoms with Gasteiger partial charge in [0.25, 0.3) is 5.91 Å². The third kappa shape index (κ3) is 7.00. The maximum Gasteiger partial charge on any atom is 0.405 e. The van der Waals surface area contributed by atoms with E-state index in [0.29, 0.717) is 50.6 Å². The van der Waals surface area contributed by atoms with E-state index in [0.717, 1.165) is 44.4 Å². The molecule has 0 radical (unpaired) electrons. The zero-order valence-electron chi connectivity index (χ0n) is 23.7. The number of carbonyl (C=O) groups excluding carboxylic acids is 2. The average Bonchev–Trinajstić information content (AvgIpc) is 3.40. The molecule has 2 saturated heterocycles. The van der Waals surface area contributed by atoms with Gasteiger partial charge in [0.05, 0.1) is 6.61 Å². The van der Waals surface area contributed by atoms with E-state index < -0.39 is 12.2 Å². The first-order chi connectivity index (χ1) is 19.9. The summed E-state index contributed by atoms with van der Waals surface area (Å²) in [4.78, 5) is 34.9. The lowest BCUT2D eigenvalue weighted by Gasteiger charge is -2.39. The fourth-order valence-electron chi connectivity index (χ4n) is 6.08. The molecule has 9 nitrogen and oxygen atoms in total. The number of fused-ring (bicyclic) bond motifs is 1. The number of hydrogen-bond acceptors (Lipinski definition) is 6. The number of likely N-dealkylation sites (tertiary alicyclic amines) is 1. The minimum absolute atomic E-state index is 0.0791. The maximum atomic E-state index is 14.5. The van der Waals surface area contributed by atoms with Crippen LogP contribution in [0.2, 0.25) is 0 Å². The van der Waals surface area contributed by atoms with E-state index in [1.165, 1.54) is 17.0 Å². The molecule has 0 saturated carbocycles. The highest BCUT2D eigenvalue weighted by atomic mass is 19.1. The monoisotopic (exact) mass is 565 g/mol. The number of hydrogen-bond donors (Lipinski definition) is 2. The number of piperazine rings is 1. The van der Waals surface area contributed by atoms with Crippen molar-refractivity contribution in [2.45, 2.75) is 38.8 Å². The number of primary amides is 1. The number of nitrogens with one attached hydrogen (secondary N) is 1. The minimum Gasteiger partial charge on any atom is -0.493 e. The summed E-state index contributed by atoms with van der Waals surface area (Å²) in [6.07, 6.45) is 2.73. The van der Waals surface area contributed by atoms with Gasteiger partial charge in [0.15, 0.2) is 6.10 Å². The Morgan fingerprint density at radius 2 is 1.78 bits per heavy atom. The molecule has 1 aromatic heterocycles. The molecule has 2 aliphatic rings. The van der Waals surface area contributed by atoms with E-state index in [1.807, 2.05) is 13.0 Å². The second kappa shape index (κ2) is 13.4. The van der Waals surface area contributed by atoms with Gasteiger partial charge in [-0.15, -0.1) is 0 Å². The molecule has 3 N–H and O–H groups in total. The largest absolute Gasteiger partial charge is 0.493 e. The van der Waals surface area contributed by atoms with Crippen molar-refractivity contribution in [1.29, 1.82) is 0 Å². The van der Waals surface area contributed by atoms with Crippen molar-refractivity contribution >= 4 is 22.9 Å². The van der Waals surface area contributed by atoms with Crippen LogP contribution in [0.15, 0.2) is 48.7 Å². The van der Waals surface area contributed by atoms with Gasteiger partial charge in [0.2, 0.25) is 0 Å². The van der Waals surface area contributed by atoms with Gasteiger partial charge in [-0.3, -0.25) is 9.69 Å². The smallest absolute Gasteiger partial charge is 0.405 e. The van der Waals surface area contributed by atoms with Gasteiger partial charge in [0, 0.05) is 67.8 Å². The third-order valence-corrected chi connectivity index (χ3v) is 8.36. The van der Waals surface area contributed by atoms with Gasteiger partial charge in [-0.05, 0) is 63.0 Å². The average molecular weight is 566 g/mol. The predicted molar refractivity (Wildman–Crippen MR) is 155 cm³/mol. The Hall–Kier alpha value is -3.63. The quantitative estimate of drug-likeness (QED) is 0.388. The molecule has 1 atom stereocenters. The van der Waals surface area contributed by atoms with Gasteiger partial charge in [-0.2, -0.15) is 0 Å². The predicted octanol–water partition coefficient (Wildman–Crippen LogP) is 3.77. The maximum absolute atomic E-state index is 14.5. The van der Waals surface area contributed by atoms with Crippen LogP contribution < -0.4 is 10.5 Å². The van der Waals surface area contributed by atoms with Crippen LogP contribution in [0.3, 0.4) is 0 Å². The fourth-order valence-corrected chi connectivity index (χ4v) is 6.08. The second-order valence-electron chi connectivity index (χ2n) is 10.9. The number of amides is 2. The van der Waals surface area contributed by atoms with Crippen molar-refractivity contribution in [3.63, 3.8) is 0 Å². The van der Waals surface area contributed by atoms with Crippen LogP contribution in [-0.4, -0.2) is 90.2 Å². The standard InChI is InChI=1S/C31H40FN5O4/c1-2-40-28-9-5-7-26(32)25(28)21-36-16-18-37(19-17-36)30(38)29(41-31(33)39)22-10-13-35(14-11-22)15-12-23-20-34-27-8-4-3-6-24(23)27/h3-9,20,22,29,34H,2,10-19,21H2,1H3,(H2,33,39). The third-order valence-electron chi connectivity index (χ3n) is 8.36. The summed E-state index contributed by atoms with van der Waals surface area (Å²) in [5.74, 6) is -0.0167. The Balaban J connectivity index is 1.13. The van der Waals surface area contributed by atoms with E-state index in [4.69, 9.17) is 15.2 Å². The lowest BCUT2D eigenvalue weighted by molar-refractivity contribution is -0.146. The van der Waals surface area contributed by atoms with Crippen molar-refractivity contribution in [1.82, 2.24) is 19.7 Å². The first kappa shape index (κ1) is 28.9. The summed E-state index contributed by atoms with van der Waals surface area (Å²) < 4.78 is 25.6. The molecule has 1 unspecified atom stereocenters. The number of aromatic amines is 1. The van der Waals surface area contributed by atoms with Crippen molar-refractivity contribution < 1.29 is 23.5 Å². The summed E-state index contributed by atoms with van der Waals surface area (Å²) in [6, 6.07) is 13.2. The lowest BCUT2D eigenvalue weighted by atomic mass is 9.90. The van der Waals surface area contributed by atoms with Crippen molar-refractivity contribution in [2.75, 3.05) is 52.4 Å². The highest BCUT2D eigenvalue weighted by Crippen LogP contribution is 2.27. The number of halogens is 1. The second-order valence-corrected chi connectivity index (χ2v) is 10.9. The summed E-state index contributed by atoms with van der Waals surface area (Å²) in [5, 5.41) is 1.26. The Morgan fingerprint density at radius 1 is 1.02 bits per heavy atom. The Morgan fingerprint density at radius 3 is 2.51 bits per heavy atom. The first-order valence-electron chi connectivity index (χ1n) is 14.6. The Kier molecular flexibility index (Phi) is 9.41. The molecular weight excluding hydrogens is 525 g/mol. The number of carbonyl (C=O) groups is 2. The molecular formula is C31H40FN5O4. The molecule has 0 spiro atoms. The Bertz CT molecular complexity index is 1330. The highest BCUT2D eigenvalue weighted by Gasteiger charge is 2.37. The topological polar surface area (TPSA) is 104 Å². The molecule has 41 heavy (non-hydrogen) atoms. The zero-order chi connectivity index (χ0) is 28.8. The molecule has 3 aromatic rings. The molecule has 2 aliphatic heterocycles. The summed E-state index contributed by atoms with van der Waals surface area (Å²) in [6.45, 7) is 7.44. The van der Waals surface area contributed by atoms with Crippen LogP contribution in [0.25, 0.3) is 10.9 Å².